The maximum atomic E-state index is 11.5. The van der Waals surface area contributed by atoms with Crippen LogP contribution >= 0.6 is 0 Å². The maximum absolute atomic E-state index is 11.5. The number of rotatable bonds is 3. The lowest BCUT2D eigenvalue weighted by atomic mass is 9.67. The van der Waals surface area contributed by atoms with E-state index in [-0.39, 0.29) is 17.1 Å². The molecule has 0 atom stereocenters. The molecule has 1 N–H and O–H groups in total. The van der Waals surface area contributed by atoms with Gasteiger partial charge < -0.3 is 5.11 Å². The SMILES string of the molecule is CCC1(C(C)=O)CCC(C(=O)O)CC1. The largest absolute Gasteiger partial charge is 0.481 e. The highest BCUT2D eigenvalue weighted by molar-refractivity contribution is 5.82. The first kappa shape index (κ1) is 11.2. The maximum Gasteiger partial charge on any atom is 0.306 e. The van der Waals surface area contributed by atoms with Crippen molar-refractivity contribution in [3.8, 4) is 0 Å². The van der Waals surface area contributed by atoms with Crippen molar-refractivity contribution in [1.82, 2.24) is 0 Å². The first-order valence-electron chi connectivity index (χ1n) is 5.25. The molecule has 1 fully saturated rings. The Labute approximate surface area is 84.5 Å². The summed E-state index contributed by atoms with van der Waals surface area (Å²) in [6, 6.07) is 0. The van der Waals surface area contributed by atoms with Crippen LogP contribution in [0.2, 0.25) is 0 Å². The Bertz CT molecular complexity index is 237. The molecule has 0 spiro atoms. The van der Waals surface area contributed by atoms with Gasteiger partial charge in [0.05, 0.1) is 5.92 Å². The molecule has 0 aliphatic heterocycles. The number of carboxylic acids is 1. The highest BCUT2D eigenvalue weighted by atomic mass is 16.4. The fraction of sp³-hybridized carbons (Fsp3) is 0.818. The number of carbonyl (C=O) groups excluding carboxylic acids is 1. The number of ketones is 1. The Morgan fingerprint density at radius 1 is 1.36 bits per heavy atom. The average Bonchev–Trinajstić information content (AvgIpc) is 2.17. The normalized spacial score (nSPS) is 32.6. The van der Waals surface area contributed by atoms with Crippen molar-refractivity contribution >= 4 is 11.8 Å². The predicted molar refractivity (Wildman–Crippen MR) is 53.0 cm³/mol. The number of hydrogen-bond acceptors (Lipinski definition) is 2. The molecular formula is C11H18O3. The number of carbonyl (C=O) groups is 2. The van der Waals surface area contributed by atoms with E-state index in [9.17, 15) is 9.59 Å². The van der Waals surface area contributed by atoms with Crippen molar-refractivity contribution in [2.24, 2.45) is 11.3 Å². The van der Waals surface area contributed by atoms with Gasteiger partial charge in [-0.3, -0.25) is 9.59 Å². The summed E-state index contributed by atoms with van der Waals surface area (Å²) in [5.41, 5.74) is -0.216. The van der Waals surface area contributed by atoms with Crippen LogP contribution in [0.5, 0.6) is 0 Å². The Hall–Kier alpha value is -0.860. The molecule has 0 aromatic rings. The molecule has 0 amide bonds. The number of hydrogen-bond donors (Lipinski definition) is 1. The molecule has 0 bridgehead atoms. The molecule has 3 nitrogen and oxygen atoms in total. The molecule has 0 radical (unpaired) electrons. The van der Waals surface area contributed by atoms with Crippen LogP contribution in [0.25, 0.3) is 0 Å². The van der Waals surface area contributed by atoms with Gasteiger partial charge in [0.1, 0.15) is 5.78 Å². The topological polar surface area (TPSA) is 54.4 Å². The fourth-order valence-electron chi connectivity index (χ4n) is 2.37. The van der Waals surface area contributed by atoms with E-state index < -0.39 is 5.97 Å². The minimum atomic E-state index is -0.710. The van der Waals surface area contributed by atoms with E-state index in [4.69, 9.17) is 5.11 Å². The smallest absolute Gasteiger partial charge is 0.306 e. The number of Topliss-reactive ketones (excluding diaryl/α,β-unsaturated/α-hetero) is 1. The molecule has 14 heavy (non-hydrogen) atoms. The third kappa shape index (κ3) is 1.97. The molecule has 0 saturated heterocycles. The summed E-state index contributed by atoms with van der Waals surface area (Å²) in [4.78, 5) is 22.2. The summed E-state index contributed by atoms with van der Waals surface area (Å²) in [6.45, 7) is 3.65. The van der Waals surface area contributed by atoms with Gasteiger partial charge in [-0.25, -0.2) is 0 Å². The van der Waals surface area contributed by atoms with Crippen molar-refractivity contribution in [1.29, 1.82) is 0 Å². The second kappa shape index (κ2) is 4.11. The minimum absolute atomic E-state index is 0.216. The van der Waals surface area contributed by atoms with E-state index >= 15 is 0 Å². The molecule has 0 unspecified atom stereocenters. The molecule has 80 valence electrons. The lowest BCUT2D eigenvalue weighted by Crippen LogP contribution is -2.35. The summed E-state index contributed by atoms with van der Waals surface area (Å²) < 4.78 is 0. The van der Waals surface area contributed by atoms with Crippen LogP contribution in [0, 0.1) is 11.3 Å². The number of carboxylic acid groups (broad SMARTS) is 1. The summed E-state index contributed by atoms with van der Waals surface area (Å²) in [7, 11) is 0. The lowest BCUT2D eigenvalue weighted by Gasteiger charge is -2.36. The highest BCUT2D eigenvalue weighted by Gasteiger charge is 2.39. The quantitative estimate of drug-likeness (QED) is 0.756. The van der Waals surface area contributed by atoms with Gasteiger partial charge in [0.25, 0.3) is 0 Å². The van der Waals surface area contributed by atoms with Gasteiger partial charge >= 0.3 is 5.97 Å². The Morgan fingerprint density at radius 3 is 2.14 bits per heavy atom. The predicted octanol–water partition coefficient (Wildman–Crippen LogP) is 2.25. The zero-order chi connectivity index (χ0) is 10.8. The highest BCUT2D eigenvalue weighted by Crippen LogP contribution is 2.42. The molecule has 1 saturated carbocycles. The van der Waals surface area contributed by atoms with E-state index in [0.29, 0.717) is 12.8 Å². The van der Waals surface area contributed by atoms with Crippen LogP contribution in [-0.2, 0) is 9.59 Å². The zero-order valence-electron chi connectivity index (χ0n) is 8.88. The average molecular weight is 198 g/mol. The molecular weight excluding hydrogens is 180 g/mol. The third-order valence-electron chi connectivity index (χ3n) is 3.72. The van der Waals surface area contributed by atoms with E-state index in [2.05, 4.69) is 0 Å². The van der Waals surface area contributed by atoms with Gasteiger partial charge in [0.2, 0.25) is 0 Å². The first-order chi connectivity index (χ1) is 6.52. The molecule has 1 aliphatic rings. The van der Waals surface area contributed by atoms with Crippen LogP contribution in [0.4, 0.5) is 0 Å². The first-order valence-corrected chi connectivity index (χ1v) is 5.25. The van der Waals surface area contributed by atoms with Crippen LogP contribution in [0.1, 0.15) is 46.0 Å². The standard InChI is InChI=1S/C11H18O3/c1-3-11(8(2)12)6-4-9(5-7-11)10(13)14/h9H,3-7H2,1-2H3,(H,13,14). The molecule has 1 aliphatic carbocycles. The second-order valence-corrected chi connectivity index (χ2v) is 4.30. The Morgan fingerprint density at radius 2 is 1.86 bits per heavy atom. The third-order valence-corrected chi connectivity index (χ3v) is 3.72. The zero-order valence-corrected chi connectivity index (χ0v) is 8.88. The van der Waals surface area contributed by atoms with Crippen LogP contribution in [0.15, 0.2) is 0 Å². The van der Waals surface area contributed by atoms with E-state index in [0.717, 1.165) is 19.3 Å². The van der Waals surface area contributed by atoms with E-state index in [1.807, 2.05) is 6.92 Å². The summed E-state index contributed by atoms with van der Waals surface area (Å²) >= 11 is 0. The van der Waals surface area contributed by atoms with Gasteiger partial charge in [-0.1, -0.05) is 6.92 Å². The Kier molecular flexibility index (Phi) is 3.29. The van der Waals surface area contributed by atoms with Crippen LogP contribution in [-0.4, -0.2) is 16.9 Å². The monoisotopic (exact) mass is 198 g/mol. The van der Waals surface area contributed by atoms with Crippen molar-refractivity contribution in [2.75, 3.05) is 0 Å². The van der Waals surface area contributed by atoms with Crippen LogP contribution in [0.3, 0.4) is 0 Å². The molecule has 0 aromatic heterocycles. The lowest BCUT2D eigenvalue weighted by molar-refractivity contribution is -0.145. The Balaban J connectivity index is 2.64. The molecule has 0 heterocycles. The molecule has 0 aromatic carbocycles. The van der Waals surface area contributed by atoms with E-state index in [1.54, 1.807) is 6.92 Å². The summed E-state index contributed by atoms with van der Waals surface area (Å²) in [5.74, 6) is -0.712. The number of aliphatic carboxylic acids is 1. The molecule has 3 heteroatoms. The van der Waals surface area contributed by atoms with Gasteiger partial charge in [-0.05, 0) is 39.0 Å². The van der Waals surface area contributed by atoms with Crippen LogP contribution < -0.4 is 0 Å². The van der Waals surface area contributed by atoms with Gasteiger partial charge in [0, 0.05) is 5.41 Å². The van der Waals surface area contributed by atoms with E-state index in [1.165, 1.54) is 0 Å². The molecule has 1 rings (SSSR count). The second-order valence-electron chi connectivity index (χ2n) is 4.30. The minimum Gasteiger partial charge on any atom is -0.481 e. The van der Waals surface area contributed by atoms with Crippen molar-refractivity contribution < 1.29 is 14.7 Å². The van der Waals surface area contributed by atoms with Crippen molar-refractivity contribution in [2.45, 2.75) is 46.0 Å². The van der Waals surface area contributed by atoms with Gasteiger partial charge in [-0.15, -0.1) is 0 Å². The van der Waals surface area contributed by atoms with Crippen molar-refractivity contribution in [3.63, 3.8) is 0 Å². The summed E-state index contributed by atoms with van der Waals surface area (Å²) in [5, 5.41) is 8.83. The van der Waals surface area contributed by atoms with Gasteiger partial charge in [-0.2, -0.15) is 0 Å². The van der Waals surface area contributed by atoms with Gasteiger partial charge in [0.15, 0.2) is 0 Å². The van der Waals surface area contributed by atoms with Crippen molar-refractivity contribution in [3.05, 3.63) is 0 Å². The summed E-state index contributed by atoms with van der Waals surface area (Å²) in [6.07, 6.45) is 3.64. The fourth-order valence-corrected chi connectivity index (χ4v) is 2.37.